The Balaban J connectivity index is 2.10. The van der Waals surface area contributed by atoms with Gasteiger partial charge in [0.05, 0.1) is 5.52 Å². The normalized spacial score (nSPS) is 11.0. The van der Waals surface area contributed by atoms with Crippen LogP contribution in [0, 0.1) is 6.92 Å². The Morgan fingerprint density at radius 1 is 0.952 bits per heavy atom. The first-order valence-electron chi connectivity index (χ1n) is 7.72. The van der Waals surface area contributed by atoms with E-state index in [1.165, 1.54) is 40.5 Å². The number of aromatic nitrogens is 1. The van der Waals surface area contributed by atoms with Gasteiger partial charge in [-0.25, -0.2) is 0 Å². The van der Waals surface area contributed by atoms with Crippen LogP contribution in [-0.4, -0.2) is 4.98 Å². The first-order valence-corrected chi connectivity index (χ1v) is 7.72. The predicted molar refractivity (Wildman–Crippen MR) is 90.5 cm³/mol. The molecule has 0 aliphatic heterocycles. The van der Waals surface area contributed by atoms with Crippen molar-refractivity contribution in [3.05, 3.63) is 65.9 Å². The Bertz CT molecular complexity index is 741. The minimum absolute atomic E-state index is 1.08. The van der Waals surface area contributed by atoms with Gasteiger partial charge in [-0.05, 0) is 54.7 Å². The van der Waals surface area contributed by atoms with E-state index < -0.39 is 0 Å². The second-order valence-corrected chi connectivity index (χ2v) is 5.68. The molecule has 3 aromatic rings. The zero-order chi connectivity index (χ0) is 14.7. The Morgan fingerprint density at radius 2 is 1.76 bits per heavy atom. The van der Waals surface area contributed by atoms with Crippen LogP contribution in [-0.2, 0) is 6.42 Å². The monoisotopic (exact) mass is 275 g/mol. The largest absolute Gasteiger partial charge is 0.256 e. The van der Waals surface area contributed by atoms with Crippen LogP contribution in [0.3, 0.4) is 0 Å². The SMILES string of the molecule is CCCCc1ccc2nccc(-c3ccc(C)cc3)c2c1. The predicted octanol–water partition coefficient (Wildman–Crippen LogP) is 5.55. The number of aryl methyl sites for hydroxylation is 2. The molecule has 0 aliphatic carbocycles. The molecule has 0 bridgehead atoms. The Hall–Kier alpha value is -2.15. The number of pyridine rings is 1. The fourth-order valence-electron chi connectivity index (χ4n) is 2.71. The molecule has 1 nitrogen and oxygen atoms in total. The van der Waals surface area contributed by atoms with Crippen LogP contribution in [0.2, 0.25) is 0 Å². The maximum Gasteiger partial charge on any atom is 0.0708 e. The molecule has 3 rings (SSSR count). The van der Waals surface area contributed by atoms with Crippen molar-refractivity contribution < 1.29 is 0 Å². The Kier molecular flexibility index (Phi) is 4.01. The highest BCUT2D eigenvalue weighted by molar-refractivity contribution is 5.94. The quantitative estimate of drug-likeness (QED) is 0.608. The van der Waals surface area contributed by atoms with Gasteiger partial charge in [-0.15, -0.1) is 0 Å². The molecule has 21 heavy (non-hydrogen) atoms. The minimum Gasteiger partial charge on any atom is -0.256 e. The summed E-state index contributed by atoms with van der Waals surface area (Å²) in [6.45, 7) is 4.36. The van der Waals surface area contributed by atoms with E-state index in [1.54, 1.807) is 0 Å². The van der Waals surface area contributed by atoms with Crippen molar-refractivity contribution >= 4 is 10.9 Å². The van der Waals surface area contributed by atoms with Gasteiger partial charge < -0.3 is 0 Å². The second kappa shape index (κ2) is 6.09. The van der Waals surface area contributed by atoms with E-state index in [1.807, 2.05) is 6.20 Å². The molecular weight excluding hydrogens is 254 g/mol. The summed E-state index contributed by atoms with van der Waals surface area (Å²) in [7, 11) is 0. The minimum atomic E-state index is 1.08. The van der Waals surface area contributed by atoms with Gasteiger partial charge in [0.1, 0.15) is 0 Å². The molecule has 0 unspecified atom stereocenters. The van der Waals surface area contributed by atoms with E-state index in [-0.39, 0.29) is 0 Å². The van der Waals surface area contributed by atoms with Crippen LogP contribution >= 0.6 is 0 Å². The summed E-state index contributed by atoms with van der Waals surface area (Å²) in [4.78, 5) is 4.51. The summed E-state index contributed by atoms with van der Waals surface area (Å²) in [5.74, 6) is 0. The molecule has 0 radical (unpaired) electrons. The highest BCUT2D eigenvalue weighted by Crippen LogP contribution is 2.28. The molecule has 0 aliphatic rings. The highest BCUT2D eigenvalue weighted by Gasteiger charge is 2.05. The van der Waals surface area contributed by atoms with Crippen molar-refractivity contribution in [1.82, 2.24) is 4.98 Å². The van der Waals surface area contributed by atoms with E-state index in [9.17, 15) is 0 Å². The lowest BCUT2D eigenvalue weighted by atomic mass is 9.98. The maximum atomic E-state index is 4.51. The van der Waals surface area contributed by atoms with Gasteiger partial charge in [-0.3, -0.25) is 4.98 Å². The van der Waals surface area contributed by atoms with E-state index in [4.69, 9.17) is 0 Å². The molecule has 0 atom stereocenters. The topological polar surface area (TPSA) is 12.9 Å². The standard InChI is InChI=1S/C20H21N/c1-3-4-5-16-8-11-20-19(14-16)18(12-13-21-20)17-9-6-15(2)7-10-17/h6-14H,3-5H2,1-2H3. The number of hydrogen-bond acceptors (Lipinski definition) is 1. The van der Waals surface area contributed by atoms with E-state index in [0.717, 1.165) is 11.9 Å². The molecule has 2 aromatic carbocycles. The van der Waals surface area contributed by atoms with Gasteiger partial charge in [0.2, 0.25) is 0 Å². The number of nitrogens with zero attached hydrogens (tertiary/aromatic N) is 1. The highest BCUT2D eigenvalue weighted by atomic mass is 14.6. The van der Waals surface area contributed by atoms with Crippen molar-refractivity contribution in [1.29, 1.82) is 0 Å². The molecule has 106 valence electrons. The fourth-order valence-corrected chi connectivity index (χ4v) is 2.71. The molecule has 0 fully saturated rings. The average molecular weight is 275 g/mol. The number of hydrogen-bond donors (Lipinski definition) is 0. The first kappa shape index (κ1) is 13.8. The van der Waals surface area contributed by atoms with Crippen molar-refractivity contribution in [2.75, 3.05) is 0 Å². The van der Waals surface area contributed by atoms with Gasteiger partial charge in [0.15, 0.2) is 0 Å². The maximum absolute atomic E-state index is 4.51. The zero-order valence-electron chi connectivity index (χ0n) is 12.8. The number of unbranched alkanes of at least 4 members (excludes halogenated alkanes) is 1. The van der Waals surface area contributed by atoms with Crippen LogP contribution in [0.1, 0.15) is 30.9 Å². The Labute approximate surface area is 126 Å². The summed E-state index contributed by atoms with van der Waals surface area (Å²) >= 11 is 0. The van der Waals surface area contributed by atoms with Gasteiger partial charge in [-0.2, -0.15) is 0 Å². The molecule has 0 saturated heterocycles. The molecule has 0 N–H and O–H groups in total. The number of rotatable bonds is 4. The van der Waals surface area contributed by atoms with E-state index in [2.05, 4.69) is 67.4 Å². The van der Waals surface area contributed by atoms with Gasteiger partial charge in [0, 0.05) is 11.6 Å². The van der Waals surface area contributed by atoms with Crippen LogP contribution in [0.4, 0.5) is 0 Å². The summed E-state index contributed by atoms with van der Waals surface area (Å²) in [5, 5.41) is 1.26. The molecular formula is C20H21N. The van der Waals surface area contributed by atoms with E-state index >= 15 is 0 Å². The third kappa shape index (κ3) is 2.97. The number of benzene rings is 2. The lowest BCUT2D eigenvalue weighted by Crippen LogP contribution is -1.89. The average Bonchev–Trinajstić information content (AvgIpc) is 2.53. The van der Waals surface area contributed by atoms with Crippen LogP contribution in [0.15, 0.2) is 54.7 Å². The van der Waals surface area contributed by atoms with Crippen LogP contribution in [0.5, 0.6) is 0 Å². The fraction of sp³-hybridized carbons (Fsp3) is 0.250. The summed E-state index contributed by atoms with van der Waals surface area (Å²) < 4.78 is 0. The lowest BCUT2D eigenvalue weighted by Gasteiger charge is -2.09. The molecule has 1 aromatic heterocycles. The summed E-state index contributed by atoms with van der Waals surface area (Å²) in [5.41, 5.74) is 6.32. The van der Waals surface area contributed by atoms with Gasteiger partial charge in [0.25, 0.3) is 0 Å². The third-order valence-electron chi connectivity index (χ3n) is 3.99. The lowest BCUT2D eigenvalue weighted by molar-refractivity contribution is 0.796. The molecule has 0 saturated carbocycles. The van der Waals surface area contributed by atoms with E-state index in [0.29, 0.717) is 0 Å². The molecule has 0 spiro atoms. The van der Waals surface area contributed by atoms with Crippen molar-refractivity contribution in [2.45, 2.75) is 33.1 Å². The Morgan fingerprint density at radius 3 is 2.52 bits per heavy atom. The third-order valence-corrected chi connectivity index (χ3v) is 3.99. The van der Waals surface area contributed by atoms with Crippen molar-refractivity contribution in [2.24, 2.45) is 0 Å². The van der Waals surface area contributed by atoms with Crippen LogP contribution < -0.4 is 0 Å². The second-order valence-electron chi connectivity index (χ2n) is 5.68. The first-order chi connectivity index (χ1) is 10.3. The summed E-state index contributed by atoms with van der Waals surface area (Å²) in [6.07, 6.45) is 5.53. The van der Waals surface area contributed by atoms with Crippen molar-refractivity contribution in [3.8, 4) is 11.1 Å². The molecule has 1 heterocycles. The summed E-state index contributed by atoms with van der Waals surface area (Å²) in [6, 6.07) is 17.5. The zero-order valence-corrected chi connectivity index (χ0v) is 12.8. The van der Waals surface area contributed by atoms with Crippen molar-refractivity contribution in [3.63, 3.8) is 0 Å². The smallest absolute Gasteiger partial charge is 0.0708 e. The number of fused-ring (bicyclic) bond motifs is 1. The van der Waals surface area contributed by atoms with Crippen LogP contribution in [0.25, 0.3) is 22.0 Å². The van der Waals surface area contributed by atoms with Gasteiger partial charge in [-0.1, -0.05) is 49.2 Å². The van der Waals surface area contributed by atoms with Gasteiger partial charge >= 0.3 is 0 Å². The molecule has 0 amide bonds. The molecule has 1 heteroatoms.